The molecule has 0 fully saturated rings. The summed E-state index contributed by atoms with van der Waals surface area (Å²) < 4.78 is 11.5. The Labute approximate surface area is 150 Å². The summed E-state index contributed by atoms with van der Waals surface area (Å²) in [4.78, 5) is 13.3. The fraction of sp³-hybridized carbons (Fsp3) is 0.278. The highest BCUT2D eigenvalue weighted by atomic mass is 79.9. The summed E-state index contributed by atoms with van der Waals surface area (Å²) in [7, 11) is 5.24. The molecule has 1 atom stereocenters. The quantitative estimate of drug-likeness (QED) is 0.757. The van der Waals surface area contributed by atoms with Crippen LogP contribution >= 0.6 is 15.9 Å². The molecule has 2 aromatic carbocycles. The summed E-state index contributed by atoms with van der Waals surface area (Å²) in [6.07, 6.45) is 0. The Morgan fingerprint density at radius 1 is 1.12 bits per heavy atom. The number of benzene rings is 2. The van der Waals surface area contributed by atoms with E-state index >= 15 is 0 Å². The average molecular weight is 394 g/mol. The smallest absolute Gasteiger partial charge is 0.279 e. The van der Waals surface area contributed by atoms with Crippen LogP contribution in [0.1, 0.15) is 5.56 Å². The second-order valence-electron chi connectivity index (χ2n) is 5.54. The van der Waals surface area contributed by atoms with Crippen LogP contribution in [0.5, 0.6) is 11.5 Å². The number of anilines is 1. The van der Waals surface area contributed by atoms with Gasteiger partial charge in [0.2, 0.25) is 0 Å². The van der Waals surface area contributed by atoms with Crippen LogP contribution in [-0.2, 0) is 11.3 Å². The lowest BCUT2D eigenvalue weighted by Crippen LogP contribution is -3.08. The molecular weight excluding hydrogens is 372 g/mol. The molecule has 1 unspecified atom stereocenters. The lowest BCUT2D eigenvalue weighted by molar-refractivity contribution is -0.885. The molecule has 0 aliphatic rings. The van der Waals surface area contributed by atoms with E-state index < -0.39 is 0 Å². The highest BCUT2D eigenvalue weighted by Gasteiger charge is 2.14. The Morgan fingerprint density at radius 2 is 1.83 bits per heavy atom. The highest BCUT2D eigenvalue weighted by Crippen LogP contribution is 2.22. The summed E-state index contributed by atoms with van der Waals surface area (Å²) in [5.74, 6) is 1.55. The van der Waals surface area contributed by atoms with Crippen LogP contribution in [0.25, 0.3) is 0 Å². The summed E-state index contributed by atoms with van der Waals surface area (Å²) >= 11 is 3.47. The molecule has 0 aliphatic heterocycles. The number of likely N-dealkylation sites (N-methyl/N-ethyl adjacent to an activating group) is 1. The first-order valence-corrected chi connectivity index (χ1v) is 8.38. The largest absolute Gasteiger partial charge is 0.497 e. The van der Waals surface area contributed by atoms with Crippen LogP contribution in [0.2, 0.25) is 0 Å². The van der Waals surface area contributed by atoms with Gasteiger partial charge in [-0.25, -0.2) is 0 Å². The molecule has 2 N–H and O–H groups in total. The SMILES string of the molecule is COc1ccc(NC(=O)C[NH+](C)Cc2cc(Br)ccc2OC)cc1. The van der Waals surface area contributed by atoms with Crippen molar-refractivity contribution in [1.29, 1.82) is 0 Å². The van der Waals surface area contributed by atoms with Gasteiger partial charge in [0.25, 0.3) is 5.91 Å². The minimum atomic E-state index is -0.0355. The predicted octanol–water partition coefficient (Wildman–Crippen LogP) is 2.12. The van der Waals surface area contributed by atoms with Crippen molar-refractivity contribution in [2.75, 3.05) is 33.1 Å². The van der Waals surface area contributed by atoms with E-state index in [1.807, 2.05) is 49.5 Å². The van der Waals surface area contributed by atoms with E-state index in [4.69, 9.17) is 9.47 Å². The van der Waals surface area contributed by atoms with Crippen LogP contribution in [0.15, 0.2) is 46.9 Å². The molecule has 0 spiro atoms. The maximum atomic E-state index is 12.2. The minimum Gasteiger partial charge on any atom is -0.497 e. The normalized spacial score (nSPS) is 11.7. The maximum absolute atomic E-state index is 12.2. The van der Waals surface area contributed by atoms with Crippen molar-refractivity contribution in [2.24, 2.45) is 0 Å². The van der Waals surface area contributed by atoms with Gasteiger partial charge in [-0.3, -0.25) is 4.79 Å². The van der Waals surface area contributed by atoms with Crippen LogP contribution in [0.4, 0.5) is 5.69 Å². The summed E-state index contributed by atoms with van der Waals surface area (Å²) in [5.41, 5.74) is 1.82. The number of rotatable bonds is 7. The standard InChI is InChI=1S/C18H21BrN2O3/c1-21(11-13-10-14(19)4-9-17(13)24-3)12-18(22)20-15-5-7-16(23-2)8-6-15/h4-10H,11-12H2,1-3H3,(H,20,22)/p+1. The van der Waals surface area contributed by atoms with Gasteiger partial charge in [-0.1, -0.05) is 15.9 Å². The Kier molecular flexibility index (Phi) is 6.63. The molecule has 1 amide bonds. The first-order valence-electron chi connectivity index (χ1n) is 7.59. The van der Waals surface area contributed by atoms with Crippen LogP contribution in [0.3, 0.4) is 0 Å². The molecule has 0 aromatic heterocycles. The van der Waals surface area contributed by atoms with Crippen molar-refractivity contribution in [3.05, 3.63) is 52.5 Å². The number of hydrogen-bond donors (Lipinski definition) is 2. The number of carbonyl (C=O) groups excluding carboxylic acids is 1. The van der Waals surface area contributed by atoms with Crippen molar-refractivity contribution in [3.63, 3.8) is 0 Å². The first kappa shape index (κ1) is 18.3. The topological polar surface area (TPSA) is 52.0 Å². The molecule has 5 nitrogen and oxygen atoms in total. The van der Waals surface area contributed by atoms with Crippen LogP contribution in [-0.4, -0.2) is 33.7 Å². The van der Waals surface area contributed by atoms with Gasteiger partial charge in [-0.2, -0.15) is 0 Å². The van der Waals surface area contributed by atoms with Gasteiger partial charge in [0, 0.05) is 15.7 Å². The summed E-state index contributed by atoms with van der Waals surface area (Å²) in [6, 6.07) is 13.2. The number of ether oxygens (including phenoxy) is 2. The van der Waals surface area contributed by atoms with Gasteiger partial charge in [-0.15, -0.1) is 0 Å². The molecule has 0 aliphatic carbocycles. The number of carbonyl (C=O) groups is 1. The molecule has 128 valence electrons. The number of hydrogen-bond acceptors (Lipinski definition) is 3. The molecule has 2 rings (SSSR count). The monoisotopic (exact) mass is 393 g/mol. The zero-order chi connectivity index (χ0) is 17.5. The van der Waals surface area contributed by atoms with Gasteiger partial charge < -0.3 is 19.7 Å². The lowest BCUT2D eigenvalue weighted by Gasteiger charge is -2.16. The van der Waals surface area contributed by atoms with Crippen molar-refractivity contribution in [1.82, 2.24) is 0 Å². The lowest BCUT2D eigenvalue weighted by atomic mass is 10.2. The molecule has 0 saturated heterocycles. The Bertz CT molecular complexity index is 689. The predicted molar refractivity (Wildman–Crippen MR) is 97.8 cm³/mol. The van der Waals surface area contributed by atoms with Crippen molar-refractivity contribution < 1.29 is 19.2 Å². The van der Waals surface area contributed by atoms with Crippen molar-refractivity contribution >= 4 is 27.5 Å². The third-order valence-corrected chi connectivity index (χ3v) is 4.06. The Balaban J connectivity index is 1.92. The average Bonchev–Trinajstić information content (AvgIpc) is 2.55. The Hall–Kier alpha value is -2.05. The molecule has 0 bridgehead atoms. The molecule has 6 heteroatoms. The molecular formula is C18H22BrN2O3+. The molecule has 0 heterocycles. The second kappa shape index (κ2) is 8.70. The van der Waals surface area contributed by atoms with Gasteiger partial charge in [0.15, 0.2) is 6.54 Å². The Morgan fingerprint density at radius 3 is 2.46 bits per heavy atom. The van der Waals surface area contributed by atoms with Crippen LogP contribution in [0, 0.1) is 0 Å². The second-order valence-corrected chi connectivity index (χ2v) is 6.46. The molecule has 24 heavy (non-hydrogen) atoms. The van der Waals surface area contributed by atoms with E-state index in [2.05, 4.69) is 21.2 Å². The van der Waals surface area contributed by atoms with Crippen LogP contribution < -0.4 is 19.7 Å². The third-order valence-electron chi connectivity index (χ3n) is 3.57. The fourth-order valence-corrected chi connectivity index (χ4v) is 2.84. The van der Waals surface area contributed by atoms with E-state index in [-0.39, 0.29) is 5.91 Å². The molecule has 0 saturated carbocycles. The number of quaternary nitrogens is 1. The van der Waals surface area contributed by atoms with Gasteiger partial charge in [0.05, 0.1) is 21.3 Å². The van der Waals surface area contributed by atoms with E-state index in [9.17, 15) is 4.79 Å². The summed E-state index contributed by atoms with van der Waals surface area (Å²) in [5, 5.41) is 2.89. The van der Waals surface area contributed by atoms with E-state index in [0.717, 1.165) is 32.1 Å². The highest BCUT2D eigenvalue weighted by molar-refractivity contribution is 9.10. The van der Waals surface area contributed by atoms with Gasteiger partial charge in [0.1, 0.15) is 18.0 Å². The number of amides is 1. The van der Waals surface area contributed by atoms with Gasteiger partial charge >= 0.3 is 0 Å². The third kappa shape index (κ3) is 5.25. The van der Waals surface area contributed by atoms with Crippen molar-refractivity contribution in [2.45, 2.75) is 6.54 Å². The van der Waals surface area contributed by atoms with E-state index in [1.54, 1.807) is 14.2 Å². The number of nitrogens with one attached hydrogen (secondary N) is 2. The fourth-order valence-electron chi connectivity index (χ4n) is 2.43. The van der Waals surface area contributed by atoms with Gasteiger partial charge in [-0.05, 0) is 42.5 Å². The minimum absolute atomic E-state index is 0.0355. The van der Waals surface area contributed by atoms with Crippen molar-refractivity contribution in [3.8, 4) is 11.5 Å². The van der Waals surface area contributed by atoms with E-state index in [0.29, 0.717) is 13.1 Å². The van der Waals surface area contributed by atoms with E-state index in [1.165, 1.54) is 0 Å². The number of halogens is 1. The number of methoxy groups -OCH3 is 2. The zero-order valence-electron chi connectivity index (χ0n) is 14.1. The summed E-state index contributed by atoms with van der Waals surface area (Å²) in [6.45, 7) is 1.06. The first-order chi connectivity index (χ1) is 11.5. The maximum Gasteiger partial charge on any atom is 0.279 e. The molecule has 0 radical (unpaired) electrons. The zero-order valence-corrected chi connectivity index (χ0v) is 15.6. The molecule has 2 aromatic rings.